The highest BCUT2D eigenvalue weighted by molar-refractivity contribution is 6.35. The van der Waals surface area contributed by atoms with Gasteiger partial charge in [-0.3, -0.25) is 9.59 Å². The van der Waals surface area contributed by atoms with E-state index in [4.69, 9.17) is 11.6 Å². The summed E-state index contributed by atoms with van der Waals surface area (Å²) in [5.41, 5.74) is 3.21. The summed E-state index contributed by atoms with van der Waals surface area (Å²) in [6.45, 7) is 4.09. The first-order valence-corrected chi connectivity index (χ1v) is 9.41. The Labute approximate surface area is 167 Å². The Morgan fingerprint density at radius 3 is 3.00 bits per heavy atom. The molecule has 1 aliphatic rings. The van der Waals surface area contributed by atoms with Gasteiger partial charge in [-0.25, -0.2) is 4.98 Å². The minimum Gasteiger partial charge on any atom is -0.345 e. The fraction of sp³-hybridized carbons (Fsp3) is 0.190. The molecule has 4 rings (SSSR count). The number of benzene rings is 1. The van der Waals surface area contributed by atoms with Gasteiger partial charge in [0.1, 0.15) is 11.7 Å². The summed E-state index contributed by atoms with van der Waals surface area (Å²) in [4.78, 5) is 33.6. The van der Waals surface area contributed by atoms with Crippen molar-refractivity contribution in [3.05, 3.63) is 60.4 Å². The number of halogens is 1. The smallest absolute Gasteiger partial charge is 0.247 e. The molecule has 1 aliphatic heterocycles. The molecule has 1 fully saturated rings. The first kappa shape index (κ1) is 18.3. The molecule has 7 heteroatoms. The summed E-state index contributed by atoms with van der Waals surface area (Å²) < 4.78 is 0. The third-order valence-electron chi connectivity index (χ3n) is 4.96. The topological polar surface area (TPSA) is 78.1 Å². The zero-order valence-electron chi connectivity index (χ0n) is 15.1. The third-order valence-corrected chi connectivity index (χ3v) is 5.27. The quantitative estimate of drug-likeness (QED) is 0.656. The van der Waals surface area contributed by atoms with Crippen molar-refractivity contribution in [2.75, 3.05) is 11.9 Å². The lowest BCUT2D eigenvalue weighted by Gasteiger charge is -2.22. The van der Waals surface area contributed by atoms with Crippen LogP contribution in [0.1, 0.15) is 12.8 Å². The Morgan fingerprint density at radius 1 is 1.32 bits per heavy atom. The van der Waals surface area contributed by atoms with E-state index in [0.29, 0.717) is 23.7 Å². The number of hydrogen-bond donors (Lipinski definition) is 2. The maximum Gasteiger partial charge on any atom is 0.247 e. The summed E-state index contributed by atoms with van der Waals surface area (Å²) in [7, 11) is 0. The monoisotopic (exact) mass is 394 g/mol. The number of fused-ring (bicyclic) bond motifs is 1. The number of likely N-dealkylation sites (tertiary alicyclic amines) is 1. The van der Waals surface area contributed by atoms with E-state index in [1.54, 1.807) is 17.3 Å². The molecule has 0 spiro atoms. The molecule has 1 atom stereocenters. The van der Waals surface area contributed by atoms with Gasteiger partial charge in [0.2, 0.25) is 11.8 Å². The number of carbonyl (C=O) groups is 2. The van der Waals surface area contributed by atoms with E-state index in [0.717, 1.165) is 28.6 Å². The molecular weight excluding hydrogens is 376 g/mol. The third kappa shape index (κ3) is 3.39. The lowest BCUT2D eigenvalue weighted by Crippen LogP contribution is -2.42. The molecule has 3 heterocycles. The second-order valence-corrected chi connectivity index (χ2v) is 7.13. The Balaban J connectivity index is 1.56. The molecule has 142 valence electrons. The molecule has 3 aromatic rings. The predicted octanol–water partition coefficient (Wildman–Crippen LogP) is 4.00. The molecule has 0 bridgehead atoms. The summed E-state index contributed by atoms with van der Waals surface area (Å²) in [5.74, 6) is -0.402. The van der Waals surface area contributed by atoms with Gasteiger partial charge in [0.15, 0.2) is 0 Å². The molecule has 2 N–H and O–H groups in total. The number of nitrogens with one attached hydrogen (secondary N) is 2. The van der Waals surface area contributed by atoms with Gasteiger partial charge < -0.3 is 15.2 Å². The van der Waals surface area contributed by atoms with Gasteiger partial charge >= 0.3 is 0 Å². The number of aromatic amines is 1. The highest BCUT2D eigenvalue weighted by Crippen LogP contribution is 2.29. The van der Waals surface area contributed by atoms with Gasteiger partial charge in [-0.05, 0) is 42.7 Å². The van der Waals surface area contributed by atoms with Crippen LogP contribution in [0.2, 0.25) is 5.02 Å². The average Bonchev–Trinajstić information content (AvgIpc) is 3.35. The van der Waals surface area contributed by atoms with Gasteiger partial charge in [-0.2, -0.15) is 0 Å². The van der Waals surface area contributed by atoms with E-state index in [2.05, 4.69) is 21.9 Å². The number of rotatable bonds is 4. The van der Waals surface area contributed by atoms with Crippen molar-refractivity contribution in [3.8, 4) is 11.1 Å². The zero-order valence-corrected chi connectivity index (χ0v) is 15.9. The van der Waals surface area contributed by atoms with Crippen molar-refractivity contribution in [1.82, 2.24) is 14.9 Å². The van der Waals surface area contributed by atoms with Crippen LogP contribution in [0.4, 0.5) is 5.69 Å². The van der Waals surface area contributed by atoms with Crippen LogP contribution in [-0.4, -0.2) is 39.3 Å². The molecule has 1 unspecified atom stereocenters. The minimum absolute atomic E-state index is 0.188. The summed E-state index contributed by atoms with van der Waals surface area (Å²) >= 11 is 6.19. The molecule has 0 radical (unpaired) electrons. The van der Waals surface area contributed by atoms with Crippen molar-refractivity contribution < 1.29 is 9.59 Å². The normalized spacial score (nSPS) is 16.3. The first-order chi connectivity index (χ1) is 13.6. The number of amides is 2. The van der Waals surface area contributed by atoms with E-state index < -0.39 is 6.04 Å². The number of hydrogen-bond acceptors (Lipinski definition) is 3. The fourth-order valence-electron chi connectivity index (χ4n) is 3.55. The second kappa shape index (κ2) is 7.48. The van der Waals surface area contributed by atoms with Crippen molar-refractivity contribution in [2.24, 2.45) is 0 Å². The number of anilines is 1. The molecule has 2 amide bonds. The first-order valence-electron chi connectivity index (χ1n) is 9.04. The largest absolute Gasteiger partial charge is 0.345 e. The van der Waals surface area contributed by atoms with Crippen molar-refractivity contribution in [2.45, 2.75) is 18.9 Å². The number of pyridine rings is 1. The van der Waals surface area contributed by atoms with Crippen LogP contribution in [0.5, 0.6) is 0 Å². The van der Waals surface area contributed by atoms with Crippen LogP contribution in [0.3, 0.4) is 0 Å². The van der Waals surface area contributed by atoms with Gasteiger partial charge in [0.05, 0.1) is 5.02 Å². The van der Waals surface area contributed by atoms with E-state index in [9.17, 15) is 9.59 Å². The molecular formula is C21H19ClN4O2. The van der Waals surface area contributed by atoms with Gasteiger partial charge in [0.25, 0.3) is 0 Å². The lowest BCUT2D eigenvalue weighted by molar-refractivity contribution is -0.132. The van der Waals surface area contributed by atoms with Crippen LogP contribution in [-0.2, 0) is 9.59 Å². The van der Waals surface area contributed by atoms with Crippen molar-refractivity contribution in [3.63, 3.8) is 0 Å². The van der Waals surface area contributed by atoms with Gasteiger partial charge in [-0.1, -0.05) is 30.3 Å². The Bertz CT molecular complexity index is 1080. The fourth-order valence-corrected chi connectivity index (χ4v) is 3.75. The lowest BCUT2D eigenvalue weighted by atomic mass is 10.1. The van der Waals surface area contributed by atoms with Crippen LogP contribution >= 0.6 is 11.6 Å². The van der Waals surface area contributed by atoms with Crippen LogP contribution in [0, 0.1) is 0 Å². The standard InChI is InChI=1S/C21H19ClN4O2/c1-2-19(27)26-8-4-7-18(26)21(28)25-15-6-3-5-13(9-15)14-10-16-17(22)12-24-20(16)23-11-14/h2-3,5-6,9-12,18H,1,4,7-8H2,(H,23,24)(H,25,28). The highest BCUT2D eigenvalue weighted by Gasteiger charge is 2.32. The highest BCUT2D eigenvalue weighted by atomic mass is 35.5. The van der Waals surface area contributed by atoms with E-state index in [1.807, 2.05) is 30.3 Å². The van der Waals surface area contributed by atoms with E-state index in [-0.39, 0.29) is 11.8 Å². The Kier molecular flexibility index (Phi) is 4.88. The molecule has 1 saturated heterocycles. The Morgan fingerprint density at radius 2 is 2.18 bits per heavy atom. The van der Waals surface area contributed by atoms with Gasteiger partial charge in [0, 0.05) is 35.6 Å². The van der Waals surface area contributed by atoms with Gasteiger partial charge in [-0.15, -0.1) is 0 Å². The van der Waals surface area contributed by atoms with Crippen molar-refractivity contribution >= 4 is 40.1 Å². The predicted molar refractivity (Wildman–Crippen MR) is 110 cm³/mol. The summed E-state index contributed by atoms with van der Waals surface area (Å²) in [6.07, 6.45) is 6.18. The summed E-state index contributed by atoms with van der Waals surface area (Å²) in [6, 6.07) is 9.02. The van der Waals surface area contributed by atoms with Crippen LogP contribution < -0.4 is 5.32 Å². The van der Waals surface area contributed by atoms with Crippen molar-refractivity contribution in [1.29, 1.82) is 0 Å². The molecule has 2 aromatic heterocycles. The Hall–Kier alpha value is -3.12. The van der Waals surface area contributed by atoms with Crippen LogP contribution in [0.25, 0.3) is 22.2 Å². The molecule has 0 saturated carbocycles. The van der Waals surface area contributed by atoms with E-state index in [1.165, 1.54) is 6.08 Å². The molecule has 6 nitrogen and oxygen atoms in total. The average molecular weight is 395 g/mol. The number of nitrogens with zero attached hydrogens (tertiary/aromatic N) is 2. The molecule has 0 aliphatic carbocycles. The zero-order chi connectivity index (χ0) is 19.7. The second-order valence-electron chi connectivity index (χ2n) is 6.72. The number of aromatic nitrogens is 2. The maximum absolute atomic E-state index is 12.7. The van der Waals surface area contributed by atoms with Crippen LogP contribution in [0.15, 0.2) is 55.4 Å². The number of H-pyrrole nitrogens is 1. The number of carbonyl (C=O) groups excluding carboxylic acids is 2. The maximum atomic E-state index is 12.7. The molecule has 28 heavy (non-hydrogen) atoms. The molecule has 1 aromatic carbocycles. The minimum atomic E-state index is -0.467. The SMILES string of the molecule is C=CC(=O)N1CCCC1C(=O)Nc1cccc(-c2cnc3[nH]cc(Cl)c3c2)c1. The summed E-state index contributed by atoms with van der Waals surface area (Å²) in [5, 5.41) is 4.39. The van der Waals surface area contributed by atoms with E-state index >= 15 is 0 Å².